The third-order valence-electron chi connectivity index (χ3n) is 6.74. The Morgan fingerprint density at radius 2 is 1.39 bits per heavy atom. The highest BCUT2D eigenvalue weighted by atomic mass is 32.2. The van der Waals surface area contributed by atoms with Gasteiger partial charge in [-0.1, -0.05) is 89.7 Å². The summed E-state index contributed by atoms with van der Waals surface area (Å²) in [6.45, 7) is 6.25. The summed E-state index contributed by atoms with van der Waals surface area (Å²) in [4.78, 5) is 22.6. The molecule has 1 aromatic heterocycles. The minimum absolute atomic E-state index is 0.113. The Kier molecular flexibility index (Phi) is 7.60. The number of hydrogen-bond acceptors (Lipinski definition) is 6. The zero-order valence-corrected chi connectivity index (χ0v) is 23.0. The van der Waals surface area contributed by atoms with E-state index >= 15 is 0 Å². The Bertz CT molecular complexity index is 1460. The van der Waals surface area contributed by atoms with Crippen molar-refractivity contribution in [3.8, 4) is 0 Å². The van der Waals surface area contributed by atoms with E-state index in [0.29, 0.717) is 23.7 Å². The molecule has 1 fully saturated rings. The van der Waals surface area contributed by atoms with Crippen LogP contribution in [0.15, 0.2) is 89.8 Å². The van der Waals surface area contributed by atoms with Crippen molar-refractivity contribution in [3.63, 3.8) is 0 Å². The van der Waals surface area contributed by atoms with Crippen LogP contribution in [0.1, 0.15) is 38.1 Å². The van der Waals surface area contributed by atoms with Crippen molar-refractivity contribution < 1.29 is 13.2 Å². The molecule has 0 unspecified atom stereocenters. The van der Waals surface area contributed by atoms with Gasteiger partial charge in [0.25, 0.3) is 15.9 Å². The van der Waals surface area contributed by atoms with Gasteiger partial charge < -0.3 is 4.90 Å². The summed E-state index contributed by atoms with van der Waals surface area (Å²) in [7, 11) is -3.79. The van der Waals surface area contributed by atoms with E-state index in [1.165, 1.54) is 11.1 Å². The average molecular weight is 547 g/mol. The molecule has 1 N–H and O–H groups in total. The Labute approximate surface area is 227 Å². The molecule has 2 heterocycles. The molecule has 4 aromatic rings. The maximum Gasteiger partial charge on any atom is 0.266 e. The first kappa shape index (κ1) is 26.1. The molecular weight excluding hydrogens is 516 g/mol. The first-order chi connectivity index (χ1) is 18.3. The standard InChI is InChI=1S/C29H30N4O3S2/c1-21-13-15-25(16-14-21)38(35,36)31-29-30-22(2)27(37-29)28(34)33-19-17-32(18-20-33)26(23-9-5-3-6-10-23)24-11-7-4-8-12-24/h3-16,26H,17-20H2,1-2H3,(H,30,31). The summed E-state index contributed by atoms with van der Waals surface area (Å²) < 4.78 is 28.1. The summed E-state index contributed by atoms with van der Waals surface area (Å²) >= 11 is 1.08. The summed E-state index contributed by atoms with van der Waals surface area (Å²) in [5.74, 6) is -0.114. The Morgan fingerprint density at radius 1 is 0.842 bits per heavy atom. The fraction of sp³-hybridized carbons (Fsp3) is 0.241. The van der Waals surface area contributed by atoms with Crippen LogP contribution in [-0.2, 0) is 10.0 Å². The van der Waals surface area contributed by atoms with Crippen LogP contribution >= 0.6 is 11.3 Å². The molecule has 5 rings (SSSR count). The maximum absolute atomic E-state index is 13.4. The lowest BCUT2D eigenvalue weighted by atomic mass is 9.96. The Hall–Kier alpha value is -3.53. The molecule has 7 nitrogen and oxygen atoms in total. The SMILES string of the molecule is Cc1ccc(S(=O)(=O)Nc2nc(C)c(C(=O)N3CCN(C(c4ccccc4)c4ccccc4)CC3)s2)cc1. The quantitative estimate of drug-likeness (QED) is 0.348. The van der Waals surface area contributed by atoms with Crippen LogP contribution < -0.4 is 4.72 Å². The number of carbonyl (C=O) groups is 1. The molecule has 1 aliphatic heterocycles. The monoisotopic (exact) mass is 546 g/mol. The maximum atomic E-state index is 13.4. The van der Waals surface area contributed by atoms with E-state index < -0.39 is 10.0 Å². The van der Waals surface area contributed by atoms with Gasteiger partial charge in [-0.2, -0.15) is 0 Å². The summed E-state index contributed by atoms with van der Waals surface area (Å²) in [6, 6.07) is 27.6. The molecule has 3 aromatic carbocycles. The second-order valence-electron chi connectivity index (χ2n) is 9.40. The average Bonchev–Trinajstić information content (AvgIpc) is 3.29. The number of rotatable bonds is 7. The van der Waals surface area contributed by atoms with Crippen LogP contribution in [0, 0.1) is 13.8 Å². The van der Waals surface area contributed by atoms with Crippen molar-refractivity contribution >= 4 is 32.4 Å². The van der Waals surface area contributed by atoms with Crippen LogP contribution in [0.4, 0.5) is 5.13 Å². The highest BCUT2D eigenvalue weighted by molar-refractivity contribution is 7.93. The van der Waals surface area contributed by atoms with Gasteiger partial charge in [0.2, 0.25) is 0 Å². The highest BCUT2D eigenvalue weighted by Crippen LogP contribution is 2.31. The number of benzene rings is 3. The second-order valence-corrected chi connectivity index (χ2v) is 12.1. The number of thiazole rings is 1. The molecule has 196 valence electrons. The molecule has 1 amide bonds. The van der Waals surface area contributed by atoms with Gasteiger partial charge in [-0.15, -0.1) is 0 Å². The zero-order chi connectivity index (χ0) is 26.7. The summed E-state index contributed by atoms with van der Waals surface area (Å²) in [6.07, 6.45) is 0. The molecule has 0 bridgehead atoms. The number of piperazine rings is 1. The smallest absolute Gasteiger partial charge is 0.266 e. The first-order valence-electron chi connectivity index (χ1n) is 12.5. The van der Waals surface area contributed by atoms with Crippen LogP contribution in [-0.4, -0.2) is 55.3 Å². The number of nitrogens with one attached hydrogen (secondary N) is 1. The van der Waals surface area contributed by atoms with Crippen LogP contribution in [0.3, 0.4) is 0 Å². The van der Waals surface area contributed by atoms with Gasteiger partial charge in [-0.25, -0.2) is 13.4 Å². The second kappa shape index (κ2) is 11.1. The third-order valence-corrected chi connectivity index (χ3v) is 9.29. The topological polar surface area (TPSA) is 82.6 Å². The predicted molar refractivity (Wildman–Crippen MR) is 151 cm³/mol. The number of hydrogen-bond donors (Lipinski definition) is 1. The normalized spacial score (nSPS) is 14.6. The zero-order valence-electron chi connectivity index (χ0n) is 21.4. The lowest BCUT2D eigenvalue weighted by Gasteiger charge is -2.39. The van der Waals surface area contributed by atoms with E-state index in [0.717, 1.165) is 30.0 Å². The van der Waals surface area contributed by atoms with Gasteiger partial charge in [0.1, 0.15) is 4.88 Å². The number of anilines is 1. The van der Waals surface area contributed by atoms with E-state index in [9.17, 15) is 13.2 Å². The largest absolute Gasteiger partial charge is 0.335 e. The molecule has 1 saturated heterocycles. The molecule has 0 aliphatic carbocycles. The first-order valence-corrected chi connectivity index (χ1v) is 14.8. The predicted octanol–water partition coefficient (Wildman–Crippen LogP) is 5.11. The van der Waals surface area contributed by atoms with Crippen molar-refractivity contribution in [2.45, 2.75) is 24.8 Å². The van der Waals surface area contributed by atoms with E-state index in [1.54, 1.807) is 31.2 Å². The lowest BCUT2D eigenvalue weighted by molar-refractivity contribution is 0.0601. The molecule has 1 aliphatic rings. The summed E-state index contributed by atoms with van der Waals surface area (Å²) in [5.41, 5.74) is 3.95. The minimum Gasteiger partial charge on any atom is -0.335 e. The van der Waals surface area contributed by atoms with Crippen LogP contribution in [0.25, 0.3) is 0 Å². The Balaban J connectivity index is 1.28. The van der Waals surface area contributed by atoms with Gasteiger partial charge in [0.15, 0.2) is 5.13 Å². The van der Waals surface area contributed by atoms with E-state index in [4.69, 9.17) is 0 Å². The van der Waals surface area contributed by atoms with E-state index in [2.05, 4.69) is 63.1 Å². The van der Waals surface area contributed by atoms with Crippen molar-refractivity contribution in [2.75, 3.05) is 30.9 Å². The third kappa shape index (κ3) is 5.65. The molecule has 0 saturated carbocycles. The van der Waals surface area contributed by atoms with Crippen molar-refractivity contribution in [2.24, 2.45) is 0 Å². The minimum atomic E-state index is -3.79. The highest BCUT2D eigenvalue weighted by Gasteiger charge is 2.30. The number of aryl methyl sites for hydroxylation is 2. The molecule has 0 radical (unpaired) electrons. The van der Waals surface area contributed by atoms with Gasteiger partial charge in [-0.3, -0.25) is 14.4 Å². The molecule has 9 heteroatoms. The van der Waals surface area contributed by atoms with Crippen molar-refractivity contribution in [1.29, 1.82) is 0 Å². The number of aromatic nitrogens is 1. The fourth-order valence-electron chi connectivity index (χ4n) is 4.74. The number of nitrogens with zero attached hydrogens (tertiary/aromatic N) is 3. The van der Waals surface area contributed by atoms with Gasteiger partial charge in [0, 0.05) is 26.2 Å². The van der Waals surface area contributed by atoms with Crippen LogP contribution in [0.5, 0.6) is 0 Å². The van der Waals surface area contributed by atoms with Crippen LogP contribution in [0.2, 0.25) is 0 Å². The van der Waals surface area contributed by atoms with E-state index in [1.807, 2.05) is 24.0 Å². The van der Waals surface area contributed by atoms with Crippen molar-refractivity contribution in [1.82, 2.24) is 14.8 Å². The lowest BCUT2D eigenvalue weighted by Crippen LogP contribution is -2.49. The molecule has 38 heavy (non-hydrogen) atoms. The Morgan fingerprint density at radius 3 is 1.95 bits per heavy atom. The van der Waals surface area contributed by atoms with Gasteiger partial charge in [0.05, 0.1) is 16.6 Å². The van der Waals surface area contributed by atoms with Crippen molar-refractivity contribution in [3.05, 3.63) is 112 Å². The van der Waals surface area contributed by atoms with E-state index in [-0.39, 0.29) is 22.0 Å². The molecular formula is C29H30N4O3S2. The molecule has 0 atom stereocenters. The number of sulfonamides is 1. The summed E-state index contributed by atoms with van der Waals surface area (Å²) in [5, 5.41) is 0.193. The number of amides is 1. The van der Waals surface area contributed by atoms with Gasteiger partial charge >= 0.3 is 0 Å². The fourth-order valence-corrected chi connectivity index (χ4v) is 6.91. The van der Waals surface area contributed by atoms with Gasteiger partial charge in [-0.05, 0) is 37.1 Å². The number of carbonyl (C=O) groups excluding carboxylic acids is 1. The molecule has 0 spiro atoms.